The van der Waals surface area contributed by atoms with Gasteiger partial charge < -0.3 is 32.5 Å². The second kappa shape index (κ2) is 17.2. The number of carboxylic acid groups (broad SMARTS) is 3. The number of carbonyl (C=O) groups is 6. The van der Waals surface area contributed by atoms with Crippen molar-refractivity contribution in [2.45, 2.75) is 40.0 Å². The number of rotatable bonds is 6. The molecule has 0 fully saturated rings. The van der Waals surface area contributed by atoms with E-state index in [1.54, 1.807) is 20.8 Å². The van der Waals surface area contributed by atoms with Gasteiger partial charge in [-0.05, 0) is 18.2 Å². The number of carbonyl (C=O) groups excluding carboxylic acids is 3. The zero-order valence-corrected chi connectivity index (χ0v) is 16.9. The topological polar surface area (TPSA) is 241 Å². The first-order valence-corrected chi connectivity index (χ1v) is 8.43. The fraction of sp³-hybridized carbons (Fsp3) is 0.333. The molecule has 0 unspecified atom stereocenters. The van der Waals surface area contributed by atoms with E-state index in [0.717, 1.165) is 18.2 Å². The van der Waals surface area contributed by atoms with E-state index in [1.165, 1.54) is 0 Å². The van der Waals surface area contributed by atoms with Crippen molar-refractivity contribution >= 4 is 35.6 Å². The molecule has 30 heavy (non-hydrogen) atoms. The number of hydrogen-bond donors (Lipinski definition) is 6. The van der Waals surface area contributed by atoms with Gasteiger partial charge in [-0.15, -0.1) is 0 Å². The highest BCUT2D eigenvalue weighted by Gasteiger charge is 2.14. The first-order chi connectivity index (χ1) is 13.7. The van der Waals surface area contributed by atoms with Crippen LogP contribution in [-0.4, -0.2) is 50.9 Å². The van der Waals surface area contributed by atoms with Crippen molar-refractivity contribution in [3.63, 3.8) is 0 Å². The Morgan fingerprint density at radius 3 is 0.767 bits per heavy atom. The monoisotopic (exact) mass is 429 g/mol. The molecule has 0 radical (unpaired) electrons. The van der Waals surface area contributed by atoms with Crippen LogP contribution in [-0.2, 0) is 14.4 Å². The fourth-order valence-electron chi connectivity index (χ4n) is 0.998. The molecular formula is C18H27N3O9. The Balaban J connectivity index is -0.000000400. The molecule has 0 saturated carbocycles. The third-order valence-corrected chi connectivity index (χ3v) is 2.72. The van der Waals surface area contributed by atoms with Gasteiger partial charge in [0, 0.05) is 19.3 Å². The molecule has 0 aliphatic carbocycles. The molecule has 1 rings (SSSR count). The fourth-order valence-corrected chi connectivity index (χ4v) is 0.998. The number of amides is 3. The highest BCUT2D eigenvalue weighted by atomic mass is 16.4. The molecule has 0 spiro atoms. The van der Waals surface area contributed by atoms with Gasteiger partial charge >= 0.3 is 17.9 Å². The second-order valence-electron chi connectivity index (χ2n) is 5.17. The largest absolute Gasteiger partial charge is 0.478 e. The van der Waals surface area contributed by atoms with E-state index in [-0.39, 0.29) is 34.4 Å². The number of carboxylic acids is 3. The molecule has 1 aromatic carbocycles. The van der Waals surface area contributed by atoms with Crippen LogP contribution in [0, 0.1) is 0 Å². The van der Waals surface area contributed by atoms with Crippen LogP contribution >= 0.6 is 0 Å². The SMILES string of the molecule is CCC(N)=O.CCC(N)=O.CCC(N)=O.O=C(O)c1cc(C(=O)O)cc(C(=O)O)c1. The summed E-state index contributed by atoms with van der Waals surface area (Å²) in [6.45, 7) is 5.17. The zero-order chi connectivity index (χ0) is 24.4. The Bertz CT molecular complexity index is 649. The van der Waals surface area contributed by atoms with E-state index >= 15 is 0 Å². The van der Waals surface area contributed by atoms with E-state index in [2.05, 4.69) is 17.2 Å². The summed E-state index contributed by atoms with van der Waals surface area (Å²) in [5.41, 5.74) is 12.9. The van der Waals surface area contributed by atoms with Gasteiger partial charge in [-0.25, -0.2) is 14.4 Å². The Morgan fingerprint density at radius 2 is 0.700 bits per heavy atom. The van der Waals surface area contributed by atoms with Crippen LogP contribution < -0.4 is 17.2 Å². The molecule has 9 N–H and O–H groups in total. The molecule has 0 aliphatic rings. The van der Waals surface area contributed by atoms with Crippen molar-refractivity contribution in [2.24, 2.45) is 17.2 Å². The van der Waals surface area contributed by atoms with Gasteiger partial charge in [0.2, 0.25) is 17.7 Å². The number of nitrogens with two attached hydrogens (primary N) is 3. The Morgan fingerprint density at radius 1 is 0.567 bits per heavy atom. The van der Waals surface area contributed by atoms with Crippen LogP contribution in [0.15, 0.2) is 18.2 Å². The van der Waals surface area contributed by atoms with Crippen molar-refractivity contribution in [1.82, 2.24) is 0 Å². The minimum Gasteiger partial charge on any atom is -0.478 e. The smallest absolute Gasteiger partial charge is 0.335 e. The van der Waals surface area contributed by atoms with Gasteiger partial charge in [-0.3, -0.25) is 14.4 Å². The third-order valence-electron chi connectivity index (χ3n) is 2.72. The average Bonchev–Trinajstić information content (AvgIpc) is 2.68. The maximum atomic E-state index is 10.6. The molecule has 168 valence electrons. The summed E-state index contributed by atoms with van der Waals surface area (Å²) in [5, 5.41) is 25.8. The zero-order valence-electron chi connectivity index (χ0n) is 16.9. The van der Waals surface area contributed by atoms with E-state index in [9.17, 15) is 28.8 Å². The predicted octanol–water partition coefficient (Wildman–Crippen LogP) is 0.426. The van der Waals surface area contributed by atoms with Crippen molar-refractivity contribution in [1.29, 1.82) is 0 Å². The van der Waals surface area contributed by atoms with Gasteiger partial charge in [0.05, 0.1) is 16.7 Å². The first kappa shape index (κ1) is 30.8. The summed E-state index contributed by atoms with van der Waals surface area (Å²) in [7, 11) is 0. The van der Waals surface area contributed by atoms with E-state index in [0.29, 0.717) is 19.3 Å². The van der Waals surface area contributed by atoms with Gasteiger partial charge in [-0.2, -0.15) is 0 Å². The van der Waals surface area contributed by atoms with Crippen LogP contribution in [0.5, 0.6) is 0 Å². The standard InChI is InChI=1S/C9H6O6.3C3H7NO/c10-7(11)4-1-5(8(12)13)3-6(2-4)9(14)15;3*1-2-3(4)5/h1-3H,(H,10,11)(H,12,13)(H,14,15);3*2H2,1H3,(H2,4,5). The third kappa shape index (κ3) is 18.8. The van der Waals surface area contributed by atoms with Crippen molar-refractivity contribution < 1.29 is 44.1 Å². The average molecular weight is 429 g/mol. The summed E-state index contributed by atoms with van der Waals surface area (Å²) >= 11 is 0. The molecule has 0 aliphatic heterocycles. The molecule has 0 aromatic heterocycles. The summed E-state index contributed by atoms with van der Waals surface area (Å²) in [5.74, 6) is -4.86. The minimum absolute atomic E-state index is 0.245. The van der Waals surface area contributed by atoms with Gasteiger partial charge in [0.1, 0.15) is 0 Å². The Kier molecular flexibility index (Phi) is 17.6. The maximum Gasteiger partial charge on any atom is 0.335 e. The summed E-state index contributed by atoms with van der Waals surface area (Å²) in [6.07, 6.45) is 1.33. The number of primary amides is 3. The number of hydrogen-bond acceptors (Lipinski definition) is 6. The molecule has 3 amide bonds. The number of benzene rings is 1. The lowest BCUT2D eigenvalue weighted by molar-refractivity contribution is -0.118. The highest BCUT2D eigenvalue weighted by Crippen LogP contribution is 2.11. The molecule has 12 heteroatoms. The first-order valence-electron chi connectivity index (χ1n) is 8.43. The lowest BCUT2D eigenvalue weighted by atomic mass is 10.1. The van der Waals surface area contributed by atoms with Gasteiger partial charge in [0.25, 0.3) is 0 Å². The molecule has 0 bridgehead atoms. The molecule has 1 aromatic rings. The highest BCUT2D eigenvalue weighted by molar-refractivity contribution is 5.98. The summed E-state index contributed by atoms with van der Waals surface area (Å²) < 4.78 is 0. The molecular weight excluding hydrogens is 402 g/mol. The van der Waals surface area contributed by atoms with Crippen molar-refractivity contribution in [3.05, 3.63) is 34.9 Å². The van der Waals surface area contributed by atoms with Crippen LogP contribution in [0.3, 0.4) is 0 Å². The normalized spacial score (nSPS) is 8.50. The van der Waals surface area contributed by atoms with E-state index < -0.39 is 17.9 Å². The quantitative estimate of drug-likeness (QED) is 0.366. The van der Waals surface area contributed by atoms with Crippen LogP contribution in [0.1, 0.15) is 71.1 Å². The summed E-state index contributed by atoms with van der Waals surface area (Å²) in [6, 6.07) is 2.70. The van der Waals surface area contributed by atoms with Crippen LogP contribution in [0.2, 0.25) is 0 Å². The summed E-state index contributed by atoms with van der Waals surface area (Å²) in [4.78, 5) is 60.5. The molecule has 0 heterocycles. The lowest BCUT2D eigenvalue weighted by Crippen LogP contribution is -2.07. The molecule has 0 saturated heterocycles. The number of aromatic carboxylic acids is 3. The van der Waals surface area contributed by atoms with Gasteiger partial charge in [-0.1, -0.05) is 20.8 Å². The van der Waals surface area contributed by atoms with Crippen LogP contribution in [0.25, 0.3) is 0 Å². The minimum atomic E-state index is -1.37. The maximum absolute atomic E-state index is 10.6. The second-order valence-corrected chi connectivity index (χ2v) is 5.17. The molecule has 0 atom stereocenters. The van der Waals surface area contributed by atoms with E-state index in [1.807, 2.05) is 0 Å². The van der Waals surface area contributed by atoms with E-state index in [4.69, 9.17) is 15.3 Å². The lowest BCUT2D eigenvalue weighted by Gasteiger charge is -2.00. The Labute approximate surface area is 172 Å². The van der Waals surface area contributed by atoms with Crippen molar-refractivity contribution in [2.75, 3.05) is 0 Å². The molecule has 12 nitrogen and oxygen atoms in total. The van der Waals surface area contributed by atoms with Crippen molar-refractivity contribution in [3.8, 4) is 0 Å². The van der Waals surface area contributed by atoms with Gasteiger partial charge in [0.15, 0.2) is 0 Å². The van der Waals surface area contributed by atoms with Crippen LogP contribution in [0.4, 0.5) is 0 Å². The predicted molar refractivity (Wildman–Crippen MR) is 106 cm³/mol. The Hall–Kier alpha value is -3.96.